The predicted molar refractivity (Wildman–Crippen MR) is 120 cm³/mol. The lowest BCUT2D eigenvalue weighted by molar-refractivity contribution is -0.117. The third kappa shape index (κ3) is 6.20. The van der Waals surface area contributed by atoms with Crippen LogP contribution in [0.3, 0.4) is 0 Å². The number of rotatable bonds is 8. The highest BCUT2D eigenvalue weighted by atomic mass is 32.2. The number of carbonyl (C=O) groups is 1. The van der Waals surface area contributed by atoms with Crippen LogP contribution in [-0.2, 0) is 43.0 Å². The van der Waals surface area contributed by atoms with Gasteiger partial charge in [0.2, 0.25) is 5.91 Å². The van der Waals surface area contributed by atoms with E-state index < -0.39 is 22.1 Å². The first-order valence-electron chi connectivity index (χ1n) is 9.93. The summed E-state index contributed by atoms with van der Waals surface area (Å²) in [7, 11) is -0.227. The molecular formula is C22H31N2O4S2-. The van der Waals surface area contributed by atoms with Crippen LogP contribution in [0.5, 0.6) is 0 Å². The molecule has 0 aliphatic rings. The van der Waals surface area contributed by atoms with E-state index in [4.69, 9.17) is 4.74 Å². The van der Waals surface area contributed by atoms with E-state index in [2.05, 4.69) is 49.2 Å². The SMILES string of the molecule is COCc1cc(C(C)C)c(CC(=O)N=[S-](=O)c2ncc(C(C)(C)O)s2)c(C(C)C)c1. The van der Waals surface area contributed by atoms with Crippen molar-refractivity contribution in [2.45, 2.75) is 76.3 Å². The van der Waals surface area contributed by atoms with Crippen molar-refractivity contribution in [2.24, 2.45) is 4.36 Å². The zero-order valence-electron chi connectivity index (χ0n) is 18.7. The minimum Gasteiger partial charge on any atom is -0.437 e. The second-order valence-electron chi connectivity index (χ2n) is 8.46. The van der Waals surface area contributed by atoms with Crippen LogP contribution in [0.4, 0.5) is 0 Å². The number of carbonyl (C=O) groups excluding carboxylic acids is 1. The largest absolute Gasteiger partial charge is 0.437 e. The summed E-state index contributed by atoms with van der Waals surface area (Å²) in [5.41, 5.74) is 3.11. The molecule has 0 unspecified atom stereocenters. The first kappa shape index (κ1) is 24.7. The van der Waals surface area contributed by atoms with Crippen LogP contribution in [0, 0.1) is 0 Å². The molecular weight excluding hydrogens is 420 g/mol. The van der Waals surface area contributed by atoms with Crippen LogP contribution >= 0.6 is 11.3 Å². The summed E-state index contributed by atoms with van der Waals surface area (Å²) in [6.45, 7) is 12.1. The van der Waals surface area contributed by atoms with Crippen LogP contribution in [0.1, 0.15) is 80.5 Å². The first-order valence-corrected chi connectivity index (χ1v) is 11.9. The number of hydrogen-bond donors (Lipinski definition) is 1. The maximum Gasteiger partial charge on any atom is 0.227 e. The zero-order chi connectivity index (χ0) is 22.6. The minimum atomic E-state index is -1.89. The van der Waals surface area contributed by atoms with E-state index >= 15 is 0 Å². The molecule has 0 saturated carbocycles. The third-order valence-electron chi connectivity index (χ3n) is 4.68. The lowest BCUT2D eigenvalue weighted by atomic mass is 9.85. The van der Waals surface area contributed by atoms with Crippen molar-refractivity contribution in [1.82, 2.24) is 4.98 Å². The molecule has 0 saturated heterocycles. The zero-order valence-corrected chi connectivity index (χ0v) is 20.3. The van der Waals surface area contributed by atoms with Gasteiger partial charge >= 0.3 is 0 Å². The lowest BCUT2D eigenvalue weighted by Gasteiger charge is -2.21. The van der Waals surface area contributed by atoms with Gasteiger partial charge in [-0.05, 0) is 47.9 Å². The summed E-state index contributed by atoms with van der Waals surface area (Å²) in [4.78, 5) is 17.3. The smallest absolute Gasteiger partial charge is 0.227 e. The Bertz CT molecular complexity index is 952. The van der Waals surface area contributed by atoms with Crippen molar-refractivity contribution < 1.29 is 18.8 Å². The predicted octanol–water partition coefficient (Wildman–Crippen LogP) is 5.04. The standard InChI is InChI=1S/C22H31N2O4S2/c1-13(2)16-8-15(12-28-7)9-17(14(3)4)18(16)10-20(25)24-30(27)21-23-11-19(29-21)22(5,6)26/h8-9,11,13-14,26H,10,12H2,1-7H3/q-1. The number of thiazole rings is 1. The van der Waals surface area contributed by atoms with Gasteiger partial charge in [0.05, 0.1) is 23.5 Å². The average molecular weight is 452 g/mol. The third-order valence-corrected chi connectivity index (χ3v) is 7.24. The number of methoxy groups -OCH3 is 1. The Morgan fingerprint density at radius 3 is 2.23 bits per heavy atom. The molecule has 8 heteroatoms. The van der Waals surface area contributed by atoms with Gasteiger partial charge < -0.3 is 18.4 Å². The molecule has 30 heavy (non-hydrogen) atoms. The highest BCUT2D eigenvalue weighted by Crippen LogP contribution is 2.31. The fraction of sp³-hybridized carbons (Fsp3) is 0.545. The van der Waals surface area contributed by atoms with Gasteiger partial charge in [-0.2, -0.15) is 0 Å². The van der Waals surface area contributed by atoms with Crippen LogP contribution in [0.25, 0.3) is 0 Å². The summed E-state index contributed by atoms with van der Waals surface area (Å²) in [5.74, 6) is -0.00143. The number of ether oxygens (including phenoxy) is 1. The Morgan fingerprint density at radius 1 is 1.23 bits per heavy atom. The first-order chi connectivity index (χ1) is 13.9. The van der Waals surface area contributed by atoms with Crippen molar-refractivity contribution in [3.05, 3.63) is 45.5 Å². The van der Waals surface area contributed by atoms with Gasteiger partial charge in [-0.25, -0.2) is 0 Å². The van der Waals surface area contributed by atoms with Crippen LogP contribution in [0.15, 0.2) is 27.0 Å². The second kappa shape index (κ2) is 10.1. The van der Waals surface area contributed by atoms with E-state index in [-0.39, 0.29) is 22.6 Å². The minimum absolute atomic E-state index is 0.0871. The van der Waals surface area contributed by atoms with Crippen molar-refractivity contribution in [3.63, 3.8) is 0 Å². The Morgan fingerprint density at radius 2 is 1.80 bits per heavy atom. The maximum absolute atomic E-state index is 12.7. The molecule has 1 amide bonds. The molecule has 0 spiro atoms. The summed E-state index contributed by atoms with van der Waals surface area (Å²) < 4.78 is 21.9. The van der Waals surface area contributed by atoms with Gasteiger partial charge in [-0.1, -0.05) is 39.8 Å². The molecule has 0 atom stereocenters. The van der Waals surface area contributed by atoms with Gasteiger partial charge in [-0.15, -0.1) is 21.9 Å². The summed E-state index contributed by atoms with van der Waals surface area (Å²) in [6.07, 6.45) is 1.56. The van der Waals surface area contributed by atoms with Gasteiger partial charge in [0.15, 0.2) is 0 Å². The van der Waals surface area contributed by atoms with Crippen LogP contribution < -0.4 is 0 Å². The molecule has 1 heterocycles. The Kier molecular flexibility index (Phi) is 8.33. The van der Waals surface area contributed by atoms with Crippen LogP contribution in [-0.4, -0.2) is 23.1 Å². The molecule has 0 aliphatic carbocycles. The summed E-state index contributed by atoms with van der Waals surface area (Å²) in [5, 5.41) is 10.1. The van der Waals surface area contributed by atoms with Gasteiger partial charge in [-0.3, -0.25) is 9.78 Å². The van der Waals surface area contributed by atoms with E-state index in [1.165, 1.54) is 6.20 Å². The average Bonchev–Trinajstić information content (AvgIpc) is 3.13. The molecule has 166 valence electrons. The number of nitrogens with zero attached hydrogens (tertiary/aromatic N) is 2. The van der Waals surface area contributed by atoms with Crippen molar-refractivity contribution in [3.8, 4) is 0 Å². The molecule has 1 N–H and O–H groups in total. The topological polar surface area (TPSA) is 88.9 Å². The number of amides is 1. The Balaban J connectivity index is 2.38. The van der Waals surface area contributed by atoms with Crippen LogP contribution in [0.2, 0.25) is 0 Å². The number of aliphatic hydroxyl groups is 1. The summed E-state index contributed by atoms with van der Waals surface area (Å²) in [6, 6.07) is 4.16. The monoisotopic (exact) mass is 451 g/mol. The highest BCUT2D eigenvalue weighted by Gasteiger charge is 2.19. The Hall–Kier alpha value is -1.61. The molecule has 6 nitrogen and oxygen atoms in total. The van der Waals surface area contributed by atoms with Gasteiger partial charge in [0.25, 0.3) is 0 Å². The fourth-order valence-corrected chi connectivity index (χ4v) is 4.99. The molecule has 0 aliphatic heterocycles. The van der Waals surface area contributed by atoms with Crippen molar-refractivity contribution in [1.29, 1.82) is 0 Å². The van der Waals surface area contributed by atoms with Gasteiger partial charge in [0.1, 0.15) is 0 Å². The molecule has 1 aromatic heterocycles. The van der Waals surface area contributed by atoms with E-state index in [9.17, 15) is 14.1 Å². The normalized spacial score (nSPS) is 13.4. The molecule has 0 fully saturated rings. The van der Waals surface area contributed by atoms with E-state index in [1.807, 2.05) is 0 Å². The molecule has 1 aromatic carbocycles. The molecule has 0 bridgehead atoms. The van der Waals surface area contributed by atoms with Crippen molar-refractivity contribution in [2.75, 3.05) is 7.11 Å². The molecule has 2 rings (SSSR count). The van der Waals surface area contributed by atoms with E-state index in [1.54, 1.807) is 21.0 Å². The second-order valence-corrected chi connectivity index (χ2v) is 10.8. The van der Waals surface area contributed by atoms with E-state index in [0.717, 1.165) is 33.6 Å². The molecule has 0 radical (unpaired) electrons. The molecule has 2 aromatic rings. The Labute approximate surface area is 184 Å². The van der Waals surface area contributed by atoms with Crippen molar-refractivity contribution >= 4 is 27.8 Å². The van der Waals surface area contributed by atoms with E-state index in [0.29, 0.717) is 11.5 Å². The summed E-state index contributed by atoms with van der Waals surface area (Å²) >= 11 is 1.10. The maximum atomic E-state index is 12.7. The highest BCUT2D eigenvalue weighted by molar-refractivity contribution is 7.77. The fourth-order valence-electron chi connectivity index (χ4n) is 3.20. The lowest BCUT2D eigenvalue weighted by Crippen LogP contribution is -2.12. The number of benzene rings is 1. The quantitative estimate of drug-likeness (QED) is 0.568. The van der Waals surface area contributed by atoms with Gasteiger partial charge in [0, 0.05) is 17.6 Å². The number of hydrogen-bond acceptors (Lipinski definition) is 7. The number of aromatic nitrogens is 1.